The number of aromatic nitrogens is 5. The third-order valence-corrected chi connectivity index (χ3v) is 4.85. The van der Waals surface area contributed by atoms with E-state index in [1.165, 1.54) is 5.56 Å². The van der Waals surface area contributed by atoms with Crippen molar-refractivity contribution in [3.8, 4) is 11.4 Å². The quantitative estimate of drug-likeness (QED) is 0.483. The van der Waals surface area contributed by atoms with Crippen LogP contribution in [-0.2, 0) is 12.3 Å². The molecule has 26 heavy (non-hydrogen) atoms. The largest absolute Gasteiger partial charge is 0.361 e. The van der Waals surface area contributed by atoms with E-state index in [0.29, 0.717) is 12.3 Å². The first kappa shape index (κ1) is 16.5. The molecule has 0 atom stereocenters. The van der Waals surface area contributed by atoms with E-state index in [1.807, 2.05) is 43.3 Å². The normalized spacial score (nSPS) is 11.0. The van der Waals surface area contributed by atoms with E-state index in [-0.39, 0.29) is 0 Å². The summed E-state index contributed by atoms with van der Waals surface area (Å²) in [4.78, 5) is 4.20. The Morgan fingerprint density at radius 2 is 1.96 bits per heavy atom. The Morgan fingerprint density at radius 3 is 2.69 bits per heavy atom. The molecule has 3 aromatic heterocycles. The van der Waals surface area contributed by atoms with Crippen molar-refractivity contribution in [2.75, 3.05) is 0 Å². The number of thioether (sulfide) groups is 1. The van der Waals surface area contributed by atoms with Gasteiger partial charge in [-0.05, 0) is 24.6 Å². The maximum absolute atomic E-state index is 5.14. The molecule has 0 saturated carbocycles. The number of aryl methyl sites for hydroxylation is 1. The molecule has 0 aliphatic heterocycles. The molecule has 0 spiro atoms. The molecule has 130 valence electrons. The smallest absolute Gasteiger partial charge is 0.192 e. The van der Waals surface area contributed by atoms with Crippen LogP contribution in [0.5, 0.6) is 0 Å². The van der Waals surface area contributed by atoms with Gasteiger partial charge in [-0.2, -0.15) is 0 Å². The van der Waals surface area contributed by atoms with Crippen molar-refractivity contribution in [2.24, 2.45) is 0 Å². The van der Waals surface area contributed by atoms with Gasteiger partial charge in [-0.1, -0.05) is 47.3 Å². The highest BCUT2D eigenvalue weighted by Crippen LogP contribution is 2.27. The number of rotatable bonds is 6. The van der Waals surface area contributed by atoms with Gasteiger partial charge in [0.05, 0.1) is 12.2 Å². The number of pyridine rings is 1. The van der Waals surface area contributed by atoms with E-state index < -0.39 is 0 Å². The van der Waals surface area contributed by atoms with Crippen LogP contribution in [-0.4, -0.2) is 24.9 Å². The Bertz CT molecular complexity index is 982. The van der Waals surface area contributed by atoms with E-state index in [9.17, 15) is 0 Å². The summed E-state index contributed by atoms with van der Waals surface area (Å²) in [6.45, 7) is 2.58. The zero-order chi connectivity index (χ0) is 17.8. The minimum atomic E-state index is 0.678. The Labute approximate surface area is 155 Å². The summed E-state index contributed by atoms with van der Waals surface area (Å²) in [5.41, 5.74) is 3.03. The van der Waals surface area contributed by atoms with Crippen molar-refractivity contribution in [3.63, 3.8) is 0 Å². The van der Waals surface area contributed by atoms with Crippen LogP contribution in [0.3, 0.4) is 0 Å². The highest BCUT2D eigenvalue weighted by Gasteiger charge is 2.15. The predicted molar refractivity (Wildman–Crippen MR) is 99.6 cm³/mol. The zero-order valence-corrected chi connectivity index (χ0v) is 15.1. The van der Waals surface area contributed by atoms with Crippen LogP contribution in [0, 0.1) is 6.92 Å². The highest BCUT2D eigenvalue weighted by molar-refractivity contribution is 7.98. The van der Waals surface area contributed by atoms with E-state index >= 15 is 0 Å². The third kappa shape index (κ3) is 3.67. The molecule has 4 rings (SSSR count). The lowest BCUT2D eigenvalue weighted by molar-refractivity contribution is 0.393. The molecule has 0 amide bonds. The number of hydrogen-bond acceptors (Lipinski definition) is 6. The van der Waals surface area contributed by atoms with Crippen LogP contribution in [0.1, 0.15) is 17.0 Å². The van der Waals surface area contributed by atoms with Crippen molar-refractivity contribution in [1.82, 2.24) is 24.9 Å². The second-order valence-corrected chi connectivity index (χ2v) is 6.78. The van der Waals surface area contributed by atoms with Crippen molar-refractivity contribution in [3.05, 3.63) is 77.9 Å². The minimum Gasteiger partial charge on any atom is -0.361 e. The lowest BCUT2D eigenvalue weighted by Gasteiger charge is -2.10. The highest BCUT2D eigenvalue weighted by atomic mass is 32.2. The SMILES string of the molecule is Cc1cc(CSc2nnc(-c3cccnc3)n2Cc2ccccc2)no1. The lowest BCUT2D eigenvalue weighted by atomic mass is 10.2. The first-order valence-corrected chi connectivity index (χ1v) is 9.20. The molecular formula is C19H17N5OS. The Kier molecular flexibility index (Phi) is 4.79. The molecule has 0 radical (unpaired) electrons. The molecule has 1 aromatic carbocycles. The second kappa shape index (κ2) is 7.53. The molecule has 3 heterocycles. The predicted octanol–water partition coefficient (Wildman–Crippen LogP) is 3.98. The van der Waals surface area contributed by atoms with E-state index in [1.54, 1.807) is 24.2 Å². The maximum Gasteiger partial charge on any atom is 0.192 e. The zero-order valence-electron chi connectivity index (χ0n) is 14.2. The summed E-state index contributed by atoms with van der Waals surface area (Å²) in [5, 5.41) is 13.7. The van der Waals surface area contributed by atoms with Crippen molar-refractivity contribution in [1.29, 1.82) is 0 Å². The fraction of sp³-hybridized carbons (Fsp3) is 0.158. The molecule has 0 bridgehead atoms. The topological polar surface area (TPSA) is 69.6 Å². The number of nitrogens with zero attached hydrogens (tertiary/aromatic N) is 5. The molecule has 0 saturated heterocycles. The minimum absolute atomic E-state index is 0.678. The summed E-state index contributed by atoms with van der Waals surface area (Å²) in [6.07, 6.45) is 3.56. The summed E-state index contributed by atoms with van der Waals surface area (Å²) < 4.78 is 7.25. The molecule has 0 aliphatic carbocycles. The van der Waals surface area contributed by atoms with Gasteiger partial charge < -0.3 is 4.52 Å². The molecule has 0 fully saturated rings. The fourth-order valence-electron chi connectivity index (χ4n) is 2.64. The average molecular weight is 363 g/mol. The number of hydrogen-bond donors (Lipinski definition) is 0. The molecule has 0 aliphatic rings. The molecular weight excluding hydrogens is 346 g/mol. The lowest BCUT2D eigenvalue weighted by Crippen LogP contribution is -2.04. The van der Waals surface area contributed by atoms with Gasteiger partial charge >= 0.3 is 0 Å². The van der Waals surface area contributed by atoms with Crippen molar-refractivity contribution >= 4 is 11.8 Å². The van der Waals surface area contributed by atoms with Crippen LogP contribution in [0.15, 0.2) is 70.6 Å². The van der Waals surface area contributed by atoms with Gasteiger partial charge in [0.25, 0.3) is 0 Å². The monoisotopic (exact) mass is 363 g/mol. The van der Waals surface area contributed by atoms with Gasteiger partial charge in [-0.15, -0.1) is 10.2 Å². The molecule has 0 unspecified atom stereocenters. The summed E-state index contributed by atoms with van der Waals surface area (Å²) in [7, 11) is 0. The first-order chi connectivity index (χ1) is 12.8. The molecule has 6 nitrogen and oxygen atoms in total. The van der Waals surface area contributed by atoms with Crippen LogP contribution in [0.25, 0.3) is 11.4 Å². The first-order valence-electron chi connectivity index (χ1n) is 8.22. The van der Waals surface area contributed by atoms with Crippen molar-refractivity contribution < 1.29 is 4.52 Å². The maximum atomic E-state index is 5.14. The van der Waals surface area contributed by atoms with Crippen LogP contribution >= 0.6 is 11.8 Å². The Balaban J connectivity index is 1.65. The number of benzene rings is 1. The van der Waals surface area contributed by atoms with Crippen LogP contribution in [0.4, 0.5) is 0 Å². The van der Waals surface area contributed by atoms with Gasteiger partial charge in [0.1, 0.15) is 5.76 Å². The third-order valence-electron chi connectivity index (χ3n) is 3.85. The van der Waals surface area contributed by atoms with Gasteiger partial charge in [0.2, 0.25) is 0 Å². The van der Waals surface area contributed by atoms with E-state index in [2.05, 4.69) is 37.0 Å². The Hall–Kier alpha value is -2.93. The van der Waals surface area contributed by atoms with Crippen LogP contribution in [0.2, 0.25) is 0 Å². The fourth-order valence-corrected chi connectivity index (χ4v) is 3.46. The van der Waals surface area contributed by atoms with Crippen molar-refractivity contribution in [2.45, 2.75) is 24.4 Å². The molecule has 4 aromatic rings. The molecule has 0 N–H and O–H groups in total. The van der Waals surface area contributed by atoms with Gasteiger partial charge in [0.15, 0.2) is 11.0 Å². The van der Waals surface area contributed by atoms with Crippen LogP contribution < -0.4 is 0 Å². The second-order valence-electron chi connectivity index (χ2n) is 5.84. The van der Waals surface area contributed by atoms with Gasteiger partial charge in [-0.3, -0.25) is 9.55 Å². The van der Waals surface area contributed by atoms with Gasteiger partial charge in [-0.25, -0.2) is 0 Å². The van der Waals surface area contributed by atoms with Gasteiger partial charge in [0, 0.05) is 29.8 Å². The average Bonchev–Trinajstić information content (AvgIpc) is 3.28. The van der Waals surface area contributed by atoms with E-state index in [0.717, 1.165) is 28.0 Å². The summed E-state index contributed by atoms with van der Waals surface area (Å²) >= 11 is 1.59. The Morgan fingerprint density at radius 1 is 1.08 bits per heavy atom. The standard InChI is InChI=1S/C19H17N5OS/c1-14-10-17(23-25-14)13-26-19-22-21-18(16-8-5-9-20-11-16)24(19)12-15-6-3-2-4-7-15/h2-11H,12-13H2,1H3. The summed E-state index contributed by atoms with van der Waals surface area (Å²) in [5.74, 6) is 2.29. The summed E-state index contributed by atoms with van der Waals surface area (Å²) in [6, 6.07) is 16.1. The molecule has 7 heteroatoms. The van der Waals surface area contributed by atoms with E-state index in [4.69, 9.17) is 4.52 Å².